The number of aromatic nitrogens is 2. The second-order valence-corrected chi connectivity index (χ2v) is 5.33. The molecular weight excluding hydrogens is 266 g/mol. The summed E-state index contributed by atoms with van der Waals surface area (Å²) in [6.07, 6.45) is 1.79. The molecule has 0 saturated carbocycles. The molecule has 1 atom stereocenters. The van der Waals surface area contributed by atoms with Crippen molar-refractivity contribution >= 4 is 28.7 Å². The predicted octanol–water partition coefficient (Wildman–Crippen LogP) is 2.51. The van der Waals surface area contributed by atoms with Crippen LogP contribution in [0.5, 0.6) is 0 Å². The molecule has 8 heteroatoms. The van der Waals surface area contributed by atoms with Crippen LogP contribution in [-0.2, 0) is 0 Å². The SMILES string of the molecule is Cc1cnc(C(C)Nc2cc([N+](=O)[O-])cc(N)n2)s1. The minimum absolute atomic E-state index is 0.0856. The molecule has 0 saturated heterocycles. The van der Waals surface area contributed by atoms with Crippen LogP contribution in [0.15, 0.2) is 18.3 Å². The monoisotopic (exact) mass is 279 g/mol. The lowest BCUT2D eigenvalue weighted by Crippen LogP contribution is -2.08. The number of anilines is 2. The van der Waals surface area contributed by atoms with Gasteiger partial charge in [0.2, 0.25) is 0 Å². The first kappa shape index (κ1) is 13.2. The van der Waals surface area contributed by atoms with Gasteiger partial charge in [-0.15, -0.1) is 11.3 Å². The summed E-state index contributed by atoms with van der Waals surface area (Å²) in [6.45, 7) is 3.88. The molecule has 2 heterocycles. The van der Waals surface area contributed by atoms with Gasteiger partial charge >= 0.3 is 0 Å². The molecule has 3 N–H and O–H groups in total. The molecule has 0 fully saturated rings. The van der Waals surface area contributed by atoms with E-state index < -0.39 is 4.92 Å². The van der Waals surface area contributed by atoms with Crippen LogP contribution in [0.25, 0.3) is 0 Å². The molecule has 0 spiro atoms. The van der Waals surface area contributed by atoms with Gasteiger partial charge in [-0.05, 0) is 13.8 Å². The van der Waals surface area contributed by atoms with Crippen molar-refractivity contribution in [2.45, 2.75) is 19.9 Å². The Kier molecular flexibility index (Phi) is 3.61. The summed E-state index contributed by atoms with van der Waals surface area (Å²) >= 11 is 1.56. The number of nitro groups is 1. The fourth-order valence-corrected chi connectivity index (χ4v) is 2.35. The van der Waals surface area contributed by atoms with Crippen molar-refractivity contribution in [1.29, 1.82) is 0 Å². The number of nitrogens with one attached hydrogen (secondary N) is 1. The van der Waals surface area contributed by atoms with Crippen molar-refractivity contribution < 1.29 is 4.92 Å². The Balaban J connectivity index is 2.21. The second-order valence-electron chi connectivity index (χ2n) is 4.07. The van der Waals surface area contributed by atoms with E-state index in [4.69, 9.17) is 5.73 Å². The van der Waals surface area contributed by atoms with Crippen LogP contribution < -0.4 is 11.1 Å². The van der Waals surface area contributed by atoms with E-state index in [0.29, 0.717) is 5.82 Å². The van der Waals surface area contributed by atoms with Crippen molar-refractivity contribution in [1.82, 2.24) is 9.97 Å². The number of nitrogens with zero attached hydrogens (tertiary/aromatic N) is 3. The minimum Gasteiger partial charge on any atom is -0.383 e. The summed E-state index contributed by atoms with van der Waals surface area (Å²) in [5.74, 6) is 0.478. The Morgan fingerprint density at radius 3 is 2.84 bits per heavy atom. The number of nitrogens with two attached hydrogens (primary N) is 1. The van der Waals surface area contributed by atoms with Crippen molar-refractivity contribution in [3.8, 4) is 0 Å². The zero-order valence-corrected chi connectivity index (χ0v) is 11.3. The highest BCUT2D eigenvalue weighted by atomic mass is 32.1. The molecule has 2 rings (SSSR count). The number of nitrogen functional groups attached to an aromatic ring is 1. The second kappa shape index (κ2) is 5.19. The summed E-state index contributed by atoms with van der Waals surface area (Å²) < 4.78 is 0. The molecule has 0 aromatic carbocycles. The van der Waals surface area contributed by atoms with Gasteiger partial charge in [-0.25, -0.2) is 9.97 Å². The van der Waals surface area contributed by atoms with Gasteiger partial charge in [0.15, 0.2) is 0 Å². The van der Waals surface area contributed by atoms with Gasteiger partial charge in [0.05, 0.1) is 23.1 Å². The average Bonchev–Trinajstić information content (AvgIpc) is 2.75. The number of thiazole rings is 1. The number of rotatable bonds is 4. The van der Waals surface area contributed by atoms with Crippen molar-refractivity contribution in [3.05, 3.63) is 38.3 Å². The Morgan fingerprint density at radius 1 is 1.53 bits per heavy atom. The van der Waals surface area contributed by atoms with E-state index in [1.54, 1.807) is 17.5 Å². The summed E-state index contributed by atoms with van der Waals surface area (Å²) in [4.78, 5) is 19.6. The van der Waals surface area contributed by atoms with Gasteiger partial charge in [0.1, 0.15) is 16.6 Å². The first-order valence-electron chi connectivity index (χ1n) is 5.56. The Bertz CT molecular complexity index is 613. The topological polar surface area (TPSA) is 107 Å². The van der Waals surface area contributed by atoms with E-state index in [2.05, 4.69) is 15.3 Å². The molecule has 0 aliphatic rings. The number of hydrogen-bond donors (Lipinski definition) is 2. The third-order valence-corrected chi connectivity index (χ3v) is 3.51. The molecule has 2 aromatic rings. The maximum Gasteiger partial charge on any atom is 0.276 e. The number of aryl methyl sites for hydroxylation is 1. The standard InChI is InChI=1S/C11H13N5O2S/c1-6-5-13-11(19-6)7(2)14-10-4-8(16(17)18)3-9(12)15-10/h3-5,7H,1-2H3,(H3,12,14,15). The fourth-order valence-electron chi connectivity index (χ4n) is 1.57. The molecule has 0 aliphatic heterocycles. The minimum atomic E-state index is -0.499. The molecule has 2 aromatic heterocycles. The van der Waals surface area contributed by atoms with Gasteiger partial charge in [-0.1, -0.05) is 0 Å². The van der Waals surface area contributed by atoms with Crippen LogP contribution in [0, 0.1) is 17.0 Å². The summed E-state index contributed by atoms with van der Waals surface area (Å²) in [5, 5.41) is 14.7. The Hall–Kier alpha value is -2.22. The molecule has 100 valence electrons. The van der Waals surface area contributed by atoms with Crippen LogP contribution in [0.1, 0.15) is 22.9 Å². The molecule has 0 bridgehead atoms. The fraction of sp³-hybridized carbons (Fsp3) is 0.273. The summed E-state index contributed by atoms with van der Waals surface area (Å²) in [7, 11) is 0. The van der Waals surface area contributed by atoms with E-state index in [-0.39, 0.29) is 17.5 Å². The lowest BCUT2D eigenvalue weighted by molar-refractivity contribution is -0.384. The molecule has 0 amide bonds. The van der Waals surface area contributed by atoms with Crippen LogP contribution in [-0.4, -0.2) is 14.9 Å². The van der Waals surface area contributed by atoms with E-state index >= 15 is 0 Å². The van der Waals surface area contributed by atoms with E-state index in [0.717, 1.165) is 9.88 Å². The largest absolute Gasteiger partial charge is 0.383 e. The van der Waals surface area contributed by atoms with Gasteiger partial charge in [0.25, 0.3) is 5.69 Å². The molecule has 19 heavy (non-hydrogen) atoms. The maximum absolute atomic E-state index is 10.7. The van der Waals surface area contributed by atoms with Crippen LogP contribution in [0.4, 0.5) is 17.3 Å². The molecular formula is C11H13N5O2S. The normalized spacial score (nSPS) is 12.1. The van der Waals surface area contributed by atoms with Crippen LogP contribution >= 0.6 is 11.3 Å². The molecule has 0 aliphatic carbocycles. The highest BCUT2D eigenvalue weighted by Crippen LogP contribution is 2.25. The Labute approximate surface area is 113 Å². The highest BCUT2D eigenvalue weighted by molar-refractivity contribution is 7.11. The third-order valence-electron chi connectivity index (χ3n) is 2.41. The van der Waals surface area contributed by atoms with Gasteiger partial charge in [-0.2, -0.15) is 0 Å². The quantitative estimate of drug-likeness (QED) is 0.657. The number of hydrogen-bond acceptors (Lipinski definition) is 7. The highest BCUT2D eigenvalue weighted by Gasteiger charge is 2.14. The number of pyridine rings is 1. The average molecular weight is 279 g/mol. The first-order chi connectivity index (χ1) is 8.95. The first-order valence-corrected chi connectivity index (χ1v) is 6.38. The third kappa shape index (κ3) is 3.16. The zero-order valence-electron chi connectivity index (χ0n) is 10.5. The summed E-state index contributed by atoms with van der Waals surface area (Å²) in [6, 6.07) is 2.49. The maximum atomic E-state index is 10.7. The van der Waals surface area contributed by atoms with Crippen LogP contribution in [0.2, 0.25) is 0 Å². The van der Waals surface area contributed by atoms with Crippen molar-refractivity contribution in [3.63, 3.8) is 0 Å². The van der Waals surface area contributed by atoms with Crippen LogP contribution in [0.3, 0.4) is 0 Å². The van der Waals surface area contributed by atoms with E-state index in [9.17, 15) is 10.1 Å². The smallest absolute Gasteiger partial charge is 0.276 e. The lowest BCUT2D eigenvalue weighted by Gasteiger charge is -2.11. The summed E-state index contributed by atoms with van der Waals surface area (Å²) in [5.41, 5.74) is 5.46. The van der Waals surface area contributed by atoms with Gasteiger partial charge in [0, 0.05) is 11.1 Å². The van der Waals surface area contributed by atoms with Crippen molar-refractivity contribution in [2.75, 3.05) is 11.1 Å². The van der Waals surface area contributed by atoms with Gasteiger partial charge < -0.3 is 11.1 Å². The molecule has 0 radical (unpaired) electrons. The van der Waals surface area contributed by atoms with E-state index in [1.165, 1.54) is 12.1 Å². The predicted molar refractivity (Wildman–Crippen MR) is 74.2 cm³/mol. The molecule has 7 nitrogen and oxygen atoms in total. The van der Waals surface area contributed by atoms with Crippen molar-refractivity contribution in [2.24, 2.45) is 0 Å². The Morgan fingerprint density at radius 2 is 2.26 bits per heavy atom. The molecule has 1 unspecified atom stereocenters. The van der Waals surface area contributed by atoms with E-state index in [1.807, 2.05) is 13.8 Å². The lowest BCUT2D eigenvalue weighted by atomic mass is 10.3. The van der Waals surface area contributed by atoms with Gasteiger partial charge in [-0.3, -0.25) is 10.1 Å². The zero-order chi connectivity index (χ0) is 14.0.